The van der Waals surface area contributed by atoms with Crippen LogP contribution in [0.1, 0.15) is 24.3 Å². The Hall–Kier alpha value is -2.74. The average Bonchev–Trinajstić information content (AvgIpc) is 2.61. The summed E-state index contributed by atoms with van der Waals surface area (Å²) < 4.78 is 11.8. The summed E-state index contributed by atoms with van der Waals surface area (Å²) in [4.78, 5) is 38.5. The molecular weight excluding hydrogens is 338 g/mol. The van der Waals surface area contributed by atoms with Crippen LogP contribution >= 0.6 is 0 Å². The molecule has 0 aliphatic carbocycles. The van der Waals surface area contributed by atoms with E-state index in [-0.39, 0.29) is 36.0 Å². The minimum atomic E-state index is -0.737. The van der Waals surface area contributed by atoms with Crippen molar-refractivity contribution < 1.29 is 19.1 Å². The molecule has 1 aliphatic rings. The maximum absolute atomic E-state index is 12.4. The van der Waals surface area contributed by atoms with Gasteiger partial charge in [0.05, 0.1) is 17.6 Å². The summed E-state index contributed by atoms with van der Waals surface area (Å²) in [5.41, 5.74) is -0.288. The van der Waals surface area contributed by atoms with E-state index in [2.05, 4.69) is 5.10 Å². The predicted octanol–water partition coefficient (Wildman–Crippen LogP) is 0.726. The third-order valence-corrected chi connectivity index (χ3v) is 4.25. The number of amides is 1. The van der Waals surface area contributed by atoms with Crippen LogP contribution in [0.4, 0.5) is 0 Å². The van der Waals surface area contributed by atoms with E-state index in [9.17, 15) is 14.4 Å². The molecule has 8 heteroatoms. The van der Waals surface area contributed by atoms with Crippen molar-refractivity contribution in [2.45, 2.75) is 26.1 Å². The third kappa shape index (κ3) is 3.60. The molecule has 1 fully saturated rings. The molecule has 0 unspecified atom stereocenters. The lowest BCUT2D eigenvalue weighted by molar-refractivity contribution is -0.146. The number of morpholine rings is 1. The van der Waals surface area contributed by atoms with E-state index in [4.69, 9.17) is 9.47 Å². The number of carbonyl (C=O) groups excluding carboxylic acids is 2. The number of ether oxygens (including phenoxy) is 2. The molecule has 1 aromatic carbocycles. The highest BCUT2D eigenvalue weighted by Crippen LogP contribution is 2.15. The molecule has 2 aromatic rings. The van der Waals surface area contributed by atoms with Gasteiger partial charge in [0.2, 0.25) is 0 Å². The van der Waals surface area contributed by atoms with Gasteiger partial charge in [-0.15, -0.1) is 0 Å². The fourth-order valence-corrected chi connectivity index (χ4v) is 3.12. The summed E-state index contributed by atoms with van der Waals surface area (Å²) in [7, 11) is 1.47. The van der Waals surface area contributed by atoms with Crippen LogP contribution in [0.2, 0.25) is 0 Å². The Kier molecular flexibility index (Phi) is 5.03. The van der Waals surface area contributed by atoms with Gasteiger partial charge in [-0.2, -0.15) is 5.10 Å². The van der Waals surface area contributed by atoms with Gasteiger partial charge in [-0.05, 0) is 19.9 Å². The first-order valence-corrected chi connectivity index (χ1v) is 8.43. The van der Waals surface area contributed by atoms with Crippen molar-refractivity contribution in [3.05, 3.63) is 40.3 Å². The van der Waals surface area contributed by atoms with Crippen molar-refractivity contribution in [1.29, 1.82) is 0 Å². The number of aryl methyl sites for hydroxylation is 1. The number of nitrogens with zero attached hydrogens (tertiary/aromatic N) is 3. The predicted molar refractivity (Wildman–Crippen MR) is 93.9 cm³/mol. The molecule has 1 saturated heterocycles. The molecule has 0 bridgehead atoms. The van der Waals surface area contributed by atoms with Gasteiger partial charge in [-0.3, -0.25) is 9.59 Å². The SMILES string of the molecule is C[C@@H]1CN(C(=O)COC(=O)c2nn(C)c(=O)c3ccccc23)C[C@@H](C)O1. The zero-order chi connectivity index (χ0) is 18.8. The number of esters is 1. The molecule has 1 aliphatic heterocycles. The Bertz CT molecular complexity index is 897. The fourth-order valence-electron chi connectivity index (χ4n) is 3.12. The third-order valence-electron chi connectivity index (χ3n) is 4.25. The largest absolute Gasteiger partial charge is 0.451 e. The first-order valence-electron chi connectivity index (χ1n) is 8.43. The number of fused-ring (bicyclic) bond motifs is 1. The van der Waals surface area contributed by atoms with Crippen LogP contribution in [0.15, 0.2) is 29.1 Å². The van der Waals surface area contributed by atoms with E-state index in [0.717, 1.165) is 4.68 Å². The zero-order valence-electron chi connectivity index (χ0n) is 15.0. The summed E-state index contributed by atoms with van der Waals surface area (Å²) in [6, 6.07) is 6.68. The van der Waals surface area contributed by atoms with E-state index < -0.39 is 5.97 Å². The van der Waals surface area contributed by atoms with E-state index in [0.29, 0.717) is 23.9 Å². The molecule has 138 valence electrons. The maximum Gasteiger partial charge on any atom is 0.359 e. The first kappa shape index (κ1) is 18.1. The molecule has 0 saturated carbocycles. The Labute approximate surface area is 150 Å². The number of hydrogen-bond acceptors (Lipinski definition) is 6. The van der Waals surface area contributed by atoms with Crippen LogP contribution in [0, 0.1) is 0 Å². The molecule has 0 N–H and O–H groups in total. The van der Waals surface area contributed by atoms with Gasteiger partial charge in [-0.1, -0.05) is 18.2 Å². The van der Waals surface area contributed by atoms with Gasteiger partial charge in [-0.25, -0.2) is 9.48 Å². The Morgan fingerprint density at radius 2 is 1.81 bits per heavy atom. The average molecular weight is 359 g/mol. The molecule has 2 atom stereocenters. The summed E-state index contributed by atoms with van der Waals surface area (Å²) in [6.45, 7) is 4.32. The maximum atomic E-state index is 12.4. The van der Waals surface area contributed by atoms with Crippen molar-refractivity contribution in [3.8, 4) is 0 Å². The minimum absolute atomic E-state index is 0.0132. The smallest absolute Gasteiger partial charge is 0.359 e. The van der Waals surface area contributed by atoms with E-state index >= 15 is 0 Å². The van der Waals surface area contributed by atoms with Crippen LogP contribution in [0.5, 0.6) is 0 Å². The lowest BCUT2D eigenvalue weighted by atomic mass is 10.1. The topological polar surface area (TPSA) is 90.7 Å². The molecule has 8 nitrogen and oxygen atoms in total. The number of benzene rings is 1. The van der Waals surface area contributed by atoms with Gasteiger partial charge in [0.25, 0.3) is 11.5 Å². The molecule has 1 aromatic heterocycles. The second-order valence-corrected chi connectivity index (χ2v) is 6.46. The summed E-state index contributed by atoms with van der Waals surface area (Å²) in [5, 5.41) is 4.78. The lowest BCUT2D eigenvalue weighted by Gasteiger charge is -2.35. The second kappa shape index (κ2) is 7.25. The standard InChI is InChI=1S/C18H21N3O5/c1-11-8-21(9-12(2)26-11)15(22)10-25-18(24)16-13-6-4-5-7-14(13)17(23)20(3)19-16/h4-7,11-12H,8-10H2,1-3H3/t11-,12-/m1/s1. The highest BCUT2D eigenvalue weighted by atomic mass is 16.5. The van der Waals surface area contributed by atoms with Crippen molar-refractivity contribution in [1.82, 2.24) is 14.7 Å². The fraction of sp³-hybridized carbons (Fsp3) is 0.444. The monoisotopic (exact) mass is 359 g/mol. The quantitative estimate of drug-likeness (QED) is 0.751. The number of carbonyl (C=O) groups is 2. The van der Waals surface area contributed by atoms with Crippen molar-refractivity contribution in [3.63, 3.8) is 0 Å². The van der Waals surface area contributed by atoms with Crippen LogP contribution in [0.25, 0.3) is 10.8 Å². The number of rotatable bonds is 3. The first-order chi connectivity index (χ1) is 12.4. The van der Waals surface area contributed by atoms with Crippen molar-refractivity contribution >= 4 is 22.6 Å². The van der Waals surface area contributed by atoms with E-state index in [1.54, 1.807) is 29.2 Å². The van der Waals surface area contributed by atoms with Gasteiger partial charge in [0.1, 0.15) is 0 Å². The van der Waals surface area contributed by atoms with Gasteiger partial charge < -0.3 is 14.4 Å². The summed E-state index contributed by atoms with van der Waals surface area (Å²) in [5.74, 6) is -1.02. The van der Waals surface area contributed by atoms with Crippen LogP contribution in [-0.2, 0) is 21.3 Å². The lowest BCUT2D eigenvalue weighted by Crippen LogP contribution is -2.49. The summed E-state index contributed by atoms with van der Waals surface area (Å²) in [6.07, 6.45) is -0.125. The van der Waals surface area contributed by atoms with E-state index in [1.807, 2.05) is 13.8 Å². The van der Waals surface area contributed by atoms with Gasteiger partial charge >= 0.3 is 5.97 Å². The van der Waals surface area contributed by atoms with E-state index in [1.165, 1.54) is 7.05 Å². The molecule has 3 rings (SSSR count). The van der Waals surface area contributed by atoms with Crippen LogP contribution in [0.3, 0.4) is 0 Å². The number of hydrogen-bond donors (Lipinski definition) is 0. The highest BCUT2D eigenvalue weighted by Gasteiger charge is 2.27. The Morgan fingerprint density at radius 1 is 1.19 bits per heavy atom. The Morgan fingerprint density at radius 3 is 2.46 bits per heavy atom. The zero-order valence-corrected chi connectivity index (χ0v) is 15.0. The molecule has 1 amide bonds. The second-order valence-electron chi connectivity index (χ2n) is 6.46. The molecule has 2 heterocycles. The summed E-state index contributed by atoms with van der Waals surface area (Å²) >= 11 is 0. The molecule has 0 radical (unpaired) electrons. The van der Waals surface area contributed by atoms with Gasteiger partial charge in [0.15, 0.2) is 12.3 Å². The van der Waals surface area contributed by atoms with Gasteiger partial charge in [0, 0.05) is 25.5 Å². The van der Waals surface area contributed by atoms with Crippen LogP contribution in [-0.4, -0.2) is 58.5 Å². The normalized spacial score (nSPS) is 20.2. The molecule has 0 spiro atoms. The molecule has 26 heavy (non-hydrogen) atoms. The molecular formula is C18H21N3O5. The van der Waals surface area contributed by atoms with Crippen molar-refractivity contribution in [2.75, 3.05) is 19.7 Å². The number of aromatic nitrogens is 2. The van der Waals surface area contributed by atoms with Crippen LogP contribution < -0.4 is 5.56 Å². The minimum Gasteiger partial charge on any atom is -0.451 e. The Balaban J connectivity index is 1.75. The highest BCUT2D eigenvalue weighted by molar-refractivity contribution is 6.02. The van der Waals surface area contributed by atoms with Crippen molar-refractivity contribution in [2.24, 2.45) is 7.05 Å².